The number of halogens is 1. The van der Waals surface area contributed by atoms with E-state index in [1.807, 2.05) is 6.08 Å². The summed E-state index contributed by atoms with van der Waals surface area (Å²) in [5.74, 6) is 0.805. The maximum Gasteiger partial charge on any atom is 0.191 e. The highest BCUT2D eigenvalue weighted by Gasteiger charge is 2.05. The second kappa shape index (κ2) is 10.2. The van der Waals surface area contributed by atoms with Crippen LogP contribution in [0.1, 0.15) is 22.5 Å². The van der Waals surface area contributed by atoms with Crippen LogP contribution in [0.4, 0.5) is 0 Å². The zero-order valence-electron chi connectivity index (χ0n) is 11.8. The molecule has 0 aliphatic carbocycles. The highest BCUT2D eigenvalue weighted by molar-refractivity contribution is 14.0. The van der Waals surface area contributed by atoms with Gasteiger partial charge in [-0.3, -0.25) is 4.99 Å². The van der Waals surface area contributed by atoms with E-state index in [1.165, 1.54) is 15.6 Å². The van der Waals surface area contributed by atoms with E-state index in [-0.39, 0.29) is 24.0 Å². The van der Waals surface area contributed by atoms with Gasteiger partial charge in [-0.25, -0.2) is 4.98 Å². The van der Waals surface area contributed by atoms with Crippen molar-refractivity contribution in [2.24, 2.45) is 4.99 Å². The van der Waals surface area contributed by atoms with Crippen LogP contribution in [0, 0.1) is 6.92 Å². The van der Waals surface area contributed by atoms with Gasteiger partial charge in [0.15, 0.2) is 5.96 Å². The summed E-state index contributed by atoms with van der Waals surface area (Å²) >= 11 is 1.79. The number of aliphatic imine (C=N–C) groups is 1. The van der Waals surface area contributed by atoms with Crippen LogP contribution in [-0.2, 0) is 12.8 Å². The molecule has 6 heteroatoms. The molecule has 1 rings (SSSR count). The number of rotatable bonds is 6. The molecule has 1 aromatic heterocycles. The predicted molar refractivity (Wildman–Crippen MR) is 94.9 cm³/mol. The van der Waals surface area contributed by atoms with Gasteiger partial charge in [-0.05, 0) is 13.3 Å². The number of nitrogens with zero attached hydrogens (tertiary/aromatic N) is 2. The average Bonchev–Trinajstić information content (AvgIpc) is 2.74. The molecule has 2 N–H and O–H groups in total. The summed E-state index contributed by atoms with van der Waals surface area (Å²) in [7, 11) is 1.77. The maximum atomic E-state index is 4.62. The normalized spacial score (nSPS) is 10.8. The molecule has 0 saturated carbocycles. The van der Waals surface area contributed by atoms with E-state index in [2.05, 4.69) is 41.0 Å². The first kappa shape index (κ1) is 18.4. The van der Waals surface area contributed by atoms with Crippen LogP contribution in [0.15, 0.2) is 17.6 Å². The van der Waals surface area contributed by atoms with Gasteiger partial charge in [0.05, 0.1) is 10.7 Å². The predicted octanol–water partition coefficient (Wildman–Crippen LogP) is 2.53. The number of thiazole rings is 1. The Morgan fingerprint density at radius 3 is 2.74 bits per heavy atom. The average molecular weight is 394 g/mol. The largest absolute Gasteiger partial charge is 0.356 e. The summed E-state index contributed by atoms with van der Waals surface area (Å²) in [5.41, 5.74) is 1.23. The Bertz CT molecular complexity index is 415. The van der Waals surface area contributed by atoms with Crippen LogP contribution in [-0.4, -0.2) is 31.1 Å². The van der Waals surface area contributed by atoms with E-state index in [0.29, 0.717) is 0 Å². The van der Waals surface area contributed by atoms with Gasteiger partial charge in [0.25, 0.3) is 0 Å². The zero-order chi connectivity index (χ0) is 13.4. The number of hydrogen-bond acceptors (Lipinski definition) is 3. The fourth-order valence-electron chi connectivity index (χ4n) is 1.60. The molecule has 4 nitrogen and oxygen atoms in total. The Morgan fingerprint density at radius 2 is 2.21 bits per heavy atom. The van der Waals surface area contributed by atoms with Gasteiger partial charge in [0.2, 0.25) is 0 Å². The van der Waals surface area contributed by atoms with Crippen molar-refractivity contribution in [3.63, 3.8) is 0 Å². The fourth-order valence-corrected chi connectivity index (χ4v) is 2.62. The summed E-state index contributed by atoms with van der Waals surface area (Å²) in [5, 5.41) is 7.58. The molecule has 0 aromatic carbocycles. The molecule has 0 unspecified atom stereocenters. The van der Waals surface area contributed by atoms with Crippen molar-refractivity contribution in [3.05, 3.63) is 28.2 Å². The molecule has 0 aliphatic rings. The quantitative estimate of drug-likeness (QED) is 0.338. The lowest BCUT2D eigenvalue weighted by Crippen LogP contribution is -2.38. The van der Waals surface area contributed by atoms with E-state index in [1.54, 1.807) is 18.4 Å². The molecule has 1 aromatic rings. The molecule has 0 atom stereocenters. The first-order valence-electron chi connectivity index (χ1n) is 6.21. The van der Waals surface area contributed by atoms with Gasteiger partial charge in [-0.15, -0.1) is 41.9 Å². The Labute approximate surface area is 136 Å². The summed E-state index contributed by atoms with van der Waals surface area (Å²) in [6.07, 6.45) is 3.75. The number of nitrogens with one attached hydrogen (secondary N) is 2. The summed E-state index contributed by atoms with van der Waals surface area (Å²) < 4.78 is 0. The fraction of sp³-hybridized carbons (Fsp3) is 0.538. The third kappa shape index (κ3) is 6.38. The van der Waals surface area contributed by atoms with Crippen molar-refractivity contribution in [2.45, 2.75) is 26.7 Å². The Hall–Kier alpha value is -0.630. The molecule has 0 aliphatic heterocycles. The minimum absolute atomic E-state index is 0. The minimum Gasteiger partial charge on any atom is -0.356 e. The van der Waals surface area contributed by atoms with E-state index in [9.17, 15) is 0 Å². The topological polar surface area (TPSA) is 49.3 Å². The first-order valence-corrected chi connectivity index (χ1v) is 7.03. The van der Waals surface area contributed by atoms with E-state index in [0.717, 1.165) is 31.9 Å². The molecule has 0 amide bonds. The summed E-state index contributed by atoms with van der Waals surface area (Å²) in [6, 6.07) is 0. The highest BCUT2D eigenvalue weighted by Crippen LogP contribution is 2.17. The molecule has 108 valence electrons. The molecular weight excluding hydrogens is 371 g/mol. The first-order chi connectivity index (χ1) is 8.71. The van der Waals surface area contributed by atoms with Gasteiger partial charge in [-0.1, -0.05) is 13.0 Å². The smallest absolute Gasteiger partial charge is 0.191 e. The van der Waals surface area contributed by atoms with Crippen LogP contribution in [0.2, 0.25) is 0 Å². The molecule has 0 saturated heterocycles. The Kier molecular flexibility index (Phi) is 9.85. The van der Waals surface area contributed by atoms with Crippen LogP contribution in [0.3, 0.4) is 0 Å². The van der Waals surface area contributed by atoms with Crippen LogP contribution >= 0.6 is 35.3 Å². The molecule has 0 fully saturated rings. The SMILES string of the molecule is C=CCNC(=NC)NCCc1nc(CC)c(C)s1.I. The van der Waals surface area contributed by atoms with Crippen LogP contribution in [0.25, 0.3) is 0 Å². The second-order valence-electron chi connectivity index (χ2n) is 3.88. The Balaban J connectivity index is 0.00000324. The molecule has 0 radical (unpaired) electrons. The third-order valence-corrected chi connectivity index (χ3v) is 3.61. The van der Waals surface area contributed by atoms with Crippen molar-refractivity contribution in [1.29, 1.82) is 0 Å². The zero-order valence-corrected chi connectivity index (χ0v) is 15.0. The summed E-state index contributed by atoms with van der Waals surface area (Å²) in [4.78, 5) is 10.1. The lowest BCUT2D eigenvalue weighted by atomic mass is 10.3. The monoisotopic (exact) mass is 394 g/mol. The third-order valence-electron chi connectivity index (χ3n) is 2.54. The van der Waals surface area contributed by atoms with E-state index in [4.69, 9.17) is 0 Å². The van der Waals surface area contributed by atoms with Crippen molar-refractivity contribution in [3.8, 4) is 0 Å². The van der Waals surface area contributed by atoms with Crippen molar-refractivity contribution in [1.82, 2.24) is 15.6 Å². The molecular formula is C13H23IN4S. The van der Waals surface area contributed by atoms with Gasteiger partial charge in [0, 0.05) is 31.4 Å². The maximum absolute atomic E-state index is 4.62. The van der Waals surface area contributed by atoms with Gasteiger partial charge >= 0.3 is 0 Å². The van der Waals surface area contributed by atoms with Gasteiger partial charge < -0.3 is 10.6 Å². The number of guanidine groups is 1. The number of aromatic nitrogens is 1. The van der Waals surface area contributed by atoms with E-state index >= 15 is 0 Å². The lowest BCUT2D eigenvalue weighted by molar-refractivity contribution is 0.813. The van der Waals surface area contributed by atoms with Gasteiger partial charge in [0.1, 0.15) is 0 Å². The summed E-state index contributed by atoms with van der Waals surface area (Å²) in [6.45, 7) is 9.50. The number of hydrogen-bond donors (Lipinski definition) is 2. The molecule has 19 heavy (non-hydrogen) atoms. The minimum atomic E-state index is 0. The van der Waals surface area contributed by atoms with Crippen molar-refractivity contribution < 1.29 is 0 Å². The number of aryl methyl sites for hydroxylation is 2. The van der Waals surface area contributed by atoms with Crippen LogP contribution < -0.4 is 10.6 Å². The van der Waals surface area contributed by atoms with Crippen LogP contribution in [0.5, 0.6) is 0 Å². The molecule has 1 heterocycles. The molecule has 0 bridgehead atoms. The molecule has 0 spiro atoms. The lowest BCUT2D eigenvalue weighted by Gasteiger charge is -2.09. The van der Waals surface area contributed by atoms with Crippen molar-refractivity contribution in [2.75, 3.05) is 20.1 Å². The van der Waals surface area contributed by atoms with Crippen molar-refractivity contribution >= 4 is 41.3 Å². The highest BCUT2D eigenvalue weighted by atomic mass is 127. The van der Waals surface area contributed by atoms with E-state index < -0.39 is 0 Å². The second-order valence-corrected chi connectivity index (χ2v) is 5.17. The van der Waals surface area contributed by atoms with Gasteiger partial charge in [-0.2, -0.15) is 0 Å². The Morgan fingerprint density at radius 1 is 1.47 bits per heavy atom. The standard InChI is InChI=1S/C13H22N4S.HI/c1-5-8-15-13(14-4)16-9-7-12-17-11(6-2)10(3)18-12;/h5H,1,6-9H2,2-4H3,(H2,14,15,16);1H.